The quantitative estimate of drug-likeness (QED) is 0.789. The molecule has 6 nitrogen and oxygen atoms in total. The predicted molar refractivity (Wildman–Crippen MR) is 104 cm³/mol. The van der Waals surface area contributed by atoms with Crippen LogP contribution in [-0.4, -0.2) is 43.2 Å². The first-order chi connectivity index (χ1) is 12.6. The van der Waals surface area contributed by atoms with Crippen LogP contribution in [0.4, 0.5) is 10.6 Å². The molecule has 2 aromatic rings. The molecule has 140 valence electrons. The first kappa shape index (κ1) is 19.6. The van der Waals surface area contributed by atoms with Crippen molar-refractivity contribution in [2.75, 3.05) is 32.1 Å². The molecule has 1 N–H and O–H groups in total. The van der Waals surface area contributed by atoms with Crippen LogP contribution in [0.15, 0.2) is 42.6 Å². The number of urea groups is 1. The third kappa shape index (κ3) is 5.37. The van der Waals surface area contributed by atoms with E-state index in [9.17, 15) is 4.79 Å². The maximum Gasteiger partial charge on any atom is 0.317 e. The Labute approximate surface area is 155 Å². The Morgan fingerprint density at radius 3 is 2.27 bits per heavy atom. The zero-order valence-electron chi connectivity index (χ0n) is 16.0. The van der Waals surface area contributed by atoms with E-state index in [1.165, 1.54) is 0 Å². The van der Waals surface area contributed by atoms with Crippen LogP contribution in [-0.2, 0) is 13.1 Å². The normalized spacial score (nSPS) is 10.3. The molecule has 0 bridgehead atoms. The van der Waals surface area contributed by atoms with Gasteiger partial charge in [-0.05, 0) is 43.2 Å². The van der Waals surface area contributed by atoms with Gasteiger partial charge in [-0.2, -0.15) is 0 Å². The number of pyridine rings is 1. The lowest BCUT2D eigenvalue weighted by molar-refractivity contribution is 0.206. The first-order valence-corrected chi connectivity index (χ1v) is 8.89. The molecule has 0 aliphatic heterocycles. The lowest BCUT2D eigenvalue weighted by atomic mass is 10.2. The molecule has 1 aromatic heterocycles. The number of benzene rings is 1. The number of amides is 2. The van der Waals surface area contributed by atoms with Gasteiger partial charge in [0.2, 0.25) is 0 Å². The summed E-state index contributed by atoms with van der Waals surface area (Å²) in [4.78, 5) is 20.6. The van der Waals surface area contributed by atoms with E-state index >= 15 is 0 Å². The first-order valence-electron chi connectivity index (χ1n) is 8.89. The van der Waals surface area contributed by atoms with Gasteiger partial charge in [0.05, 0.1) is 7.11 Å². The SMILES string of the molecule is CCN(CC)c1ccc(CNC(=O)N(C)Cc2ccc(OC)cc2)cn1. The number of anilines is 1. The number of methoxy groups -OCH3 is 1. The topological polar surface area (TPSA) is 57.7 Å². The Kier molecular flexibility index (Phi) is 7.26. The lowest BCUT2D eigenvalue weighted by Crippen LogP contribution is -2.36. The largest absolute Gasteiger partial charge is 0.497 e. The van der Waals surface area contributed by atoms with Crippen molar-refractivity contribution in [2.24, 2.45) is 0 Å². The number of carbonyl (C=O) groups is 1. The van der Waals surface area contributed by atoms with Gasteiger partial charge in [0.1, 0.15) is 11.6 Å². The zero-order chi connectivity index (χ0) is 18.9. The number of ether oxygens (including phenoxy) is 1. The van der Waals surface area contributed by atoms with Crippen LogP contribution in [0, 0.1) is 0 Å². The van der Waals surface area contributed by atoms with Crippen LogP contribution >= 0.6 is 0 Å². The van der Waals surface area contributed by atoms with Gasteiger partial charge in [-0.1, -0.05) is 18.2 Å². The molecule has 2 amide bonds. The van der Waals surface area contributed by atoms with Gasteiger partial charge in [0.15, 0.2) is 0 Å². The molecule has 6 heteroatoms. The Morgan fingerprint density at radius 2 is 1.73 bits per heavy atom. The van der Waals surface area contributed by atoms with Gasteiger partial charge in [-0.3, -0.25) is 0 Å². The van der Waals surface area contributed by atoms with Crippen molar-refractivity contribution in [3.8, 4) is 5.75 Å². The highest BCUT2D eigenvalue weighted by Gasteiger charge is 2.09. The smallest absolute Gasteiger partial charge is 0.317 e. The third-order valence-corrected chi connectivity index (χ3v) is 4.27. The van der Waals surface area contributed by atoms with Crippen molar-refractivity contribution in [3.05, 3.63) is 53.7 Å². The highest BCUT2D eigenvalue weighted by atomic mass is 16.5. The summed E-state index contributed by atoms with van der Waals surface area (Å²) in [5, 5.41) is 2.93. The number of hydrogen-bond donors (Lipinski definition) is 1. The minimum absolute atomic E-state index is 0.117. The van der Waals surface area contributed by atoms with E-state index in [1.54, 1.807) is 19.1 Å². The van der Waals surface area contributed by atoms with E-state index in [4.69, 9.17) is 4.74 Å². The van der Waals surface area contributed by atoms with E-state index in [0.717, 1.165) is 35.8 Å². The summed E-state index contributed by atoms with van der Waals surface area (Å²) in [6.07, 6.45) is 1.82. The summed E-state index contributed by atoms with van der Waals surface area (Å²) in [7, 11) is 3.42. The molecule has 0 aliphatic rings. The molecule has 0 saturated heterocycles. The summed E-state index contributed by atoms with van der Waals surface area (Å²) >= 11 is 0. The molecule has 0 aliphatic carbocycles. The van der Waals surface area contributed by atoms with Gasteiger partial charge in [-0.25, -0.2) is 9.78 Å². The third-order valence-electron chi connectivity index (χ3n) is 4.27. The number of hydrogen-bond acceptors (Lipinski definition) is 4. The monoisotopic (exact) mass is 356 g/mol. The fraction of sp³-hybridized carbons (Fsp3) is 0.400. The molecular formula is C20H28N4O2. The molecule has 0 radical (unpaired) electrons. The van der Waals surface area contributed by atoms with Crippen LogP contribution in [0.2, 0.25) is 0 Å². The molecular weight excluding hydrogens is 328 g/mol. The number of rotatable bonds is 8. The number of aromatic nitrogens is 1. The second kappa shape index (κ2) is 9.65. The number of nitrogens with one attached hydrogen (secondary N) is 1. The minimum Gasteiger partial charge on any atom is -0.497 e. The summed E-state index contributed by atoms with van der Waals surface area (Å²) in [5.74, 6) is 1.77. The zero-order valence-corrected chi connectivity index (χ0v) is 16.0. The number of nitrogens with zero attached hydrogens (tertiary/aromatic N) is 3. The van der Waals surface area contributed by atoms with Crippen LogP contribution in [0.25, 0.3) is 0 Å². The highest BCUT2D eigenvalue weighted by molar-refractivity contribution is 5.73. The number of carbonyl (C=O) groups excluding carboxylic acids is 1. The van der Waals surface area contributed by atoms with Gasteiger partial charge in [-0.15, -0.1) is 0 Å². The molecule has 0 saturated carbocycles. The van der Waals surface area contributed by atoms with Crippen LogP contribution in [0.1, 0.15) is 25.0 Å². The van der Waals surface area contributed by atoms with Gasteiger partial charge in [0.25, 0.3) is 0 Å². The highest BCUT2D eigenvalue weighted by Crippen LogP contribution is 2.13. The standard InChI is InChI=1S/C20H28N4O2/c1-5-24(6-2)19-12-9-17(13-21-19)14-22-20(25)23(3)15-16-7-10-18(26-4)11-8-16/h7-13H,5-6,14-15H2,1-4H3,(H,22,25). The van der Waals surface area contributed by atoms with Crippen LogP contribution in [0.5, 0.6) is 5.75 Å². The van der Waals surface area contributed by atoms with Crippen molar-refractivity contribution in [1.29, 1.82) is 0 Å². The Bertz CT molecular complexity index is 682. The van der Waals surface area contributed by atoms with Crippen LogP contribution in [0.3, 0.4) is 0 Å². The summed E-state index contributed by atoms with van der Waals surface area (Å²) in [6, 6.07) is 11.6. The van der Waals surface area contributed by atoms with E-state index in [0.29, 0.717) is 13.1 Å². The fourth-order valence-corrected chi connectivity index (χ4v) is 2.65. The predicted octanol–water partition coefficient (Wildman–Crippen LogP) is 3.28. The van der Waals surface area contributed by atoms with Crippen LogP contribution < -0.4 is 15.0 Å². The maximum atomic E-state index is 12.3. The minimum atomic E-state index is -0.117. The average Bonchev–Trinajstić information content (AvgIpc) is 2.68. The maximum absolute atomic E-state index is 12.3. The Balaban J connectivity index is 1.84. The van der Waals surface area contributed by atoms with Crippen molar-refractivity contribution in [1.82, 2.24) is 15.2 Å². The lowest BCUT2D eigenvalue weighted by Gasteiger charge is -2.20. The van der Waals surface area contributed by atoms with Crippen molar-refractivity contribution < 1.29 is 9.53 Å². The Hall–Kier alpha value is -2.76. The molecule has 0 spiro atoms. The molecule has 1 aromatic carbocycles. The molecule has 2 rings (SSSR count). The van der Waals surface area contributed by atoms with E-state index in [-0.39, 0.29) is 6.03 Å². The molecule has 26 heavy (non-hydrogen) atoms. The second-order valence-electron chi connectivity index (χ2n) is 6.06. The molecule has 0 unspecified atom stereocenters. The molecule has 1 heterocycles. The summed E-state index contributed by atoms with van der Waals surface area (Å²) in [5.41, 5.74) is 2.03. The molecule has 0 fully saturated rings. The van der Waals surface area contributed by atoms with Gasteiger partial charge in [0, 0.05) is 39.4 Å². The van der Waals surface area contributed by atoms with Crippen molar-refractivity contribution in [3.63, 3.8) is 0 Å². The average molecular weight is 356 g/mol. The Morgan fingerprint density at radius 1 is 1.08 bits per heavy atom. The van der Waals surface area contributed by atoms with Crippen molar-refractivity contribution in [2.45, 2.75) is 26.9 Å². The van der Waals surface area contributed by atoms with E-state index in [2.05, 4.69) is 29.0 Å². The van der Waals surface area contributed by atoms with E-state index in [1.807, 2.05) is 42.6 Å². The van der Waals surface area contributed by atoms with E-state index < -0.39 is 0 Å². The summed E-state index contributed by atoms with van der Waals surface area (Å²) < 4.78 is 5.14. The van der Waals surface area contributed by atoms with Gasteiger partial charge >= 0.3 is 6.03 Å². The second-order valence-corrected chi connectivity index (χ2v) is 6.06. The van der Waals surface area contributed by atoms with Crippen molar-refractivity contribution >= 4 is 11.8 Å². The fourth-order valence-electron chi connectivity index (χ4n) is 2.65. The summed E-state index contributed by atoms with van der Waals surface area (Å²) in [6.45, 7) is 7.06. The van der Waals surface area contributed by atoms with Gasteiger partial charge < -0.3 is 19.9 Å². The molecule has 0 atom stereocenters.